The lowest BCUT2D eigenvalue weighted by atomic mass is 10.1. The number of carbonyl (C=O) groups excluding carboxylic acids is 1. The van der Waals surface area contributed by atoms with Crippen LogP contribution in [0, 0.1) is 13.8 Å². The lowest BCUT2D eigenvalue weighted by molar-refractivity contribution is 0.102. The van der Waals surface area contributed by atoms with Crippen molar-refractivity contribution in [3.8, 4) is 0 Å². The van der Waals surface area contributed by atoms with Gasteiger partial charge in [0.15, 0.2) is 0 Å². The molecule has 1 heterocycles. The van der Waals surface area contributed by atoms with Crippen LogP contribution >= 0.6 is 11.6 Å². The van der Waals surface area contributed by atoms with Gasteiger partial charge in [-0.2, -0.15) is 0 Å². The first kappa shape index (κ1) is 12.6. The Labute approximate surface area is 111 Å². The predicted octanol–water partition coefficient (Wildman–Crippen LogP) is 3.60. The molecule has 2 aromatic rings. The number of aryl methyl sites for hydroxylation is 2. The molecule has 0 saturated carbocycles. The van der Waals surface area contributed by atoms with E-state index in [4.69, 9.17) is 11.6 Å². The van der Waals surface area contributed by atoms with E-state index in [9.17, 15) is 4.79 Å². The summed E-state index contributed by atoms with van der Waals surface area (Å²) < 4.78 is 0. The van der Waals surface area contributed by atoms with Crippen LogP contribution in [0.25, 0.3) is 0 Å². The Morgan fingerprint density at radius 1 is 1.22 bits per heavy atom. The summed E-state index contributed by atoms with van der Waals surface area (Å²) in [5.74, 6) is -0.253. The van der Waals surface area contributed by atoms with Crippen molar-refractivity contribution in [2.75, 3.05) is 5.32 Å². The van der Waals surface area contributed by atoms with Crippen LogP contribution in [0.4, 0.5) is 5.69 Å². The van der Waals surface area contributed by atoms with Crippen LogP contribution in [0.2, 0.25) is 5.15 Å². The third kappa shape index (κ3) is 2.68. The minimum Gasteiger partial charge on any atom is -0.322 e. The number of aromatic nitrogens is 1. The fourth-order valence-corrected chi connectivity index (χ4v) is 1.78. The Bertz CT molecular complexity index is 596. The molecule has 0 aliphatic heterocycles. The average molecular weight is 261 g/mol. The molecule has 1 amide bonds. The molecule has 92 valence electrons. The van der Waals surface area contributed by atoms with Crippen molar-refractivity contribution >= 4 is 23.2 Å². The highest BCUT2D eigenvalue weighted by molar-refractivity contribution is 6.33. The van der Waals surface area contributed by atoms with Gasteiger partial charge in [0, 0.05) is 11.9 Å². The number of nitrogens with zero attached hydrogens (tertiary/aromatic N) is 1. The summed E-state index contributed by atoms with van der Waals surface area (Å²) in [6.07, 6.45) is 1.55. The molecule has 0 spiro atoms. The number of amides is 1. The summed E-state index contributed by atoms with van der Waals surface area (Å²) in [7, 11) is 0. The van der Waals surface area contributed by atoms with Crippen LogP contribution in [-0.2, 0) is 0 Å². The average Bonchev–Trinajstić information content (AvgIpc) is 2.34. The third-order valence-corrected chi connectivity index (χ3v) is 3.07. The number of pyridine rings is 1. The van der Waals surface area contributed by atoms with E-state index in [-0.39, 0.29) is 11.1 Å². The molecule has 2 rings (SSSR count). The number of halogens is 1. The first-order chi connectivity index (χ1) is 8.58. The van der Waals surface area contributed by atoms with E-state index in [2.05, 4.69) is 10.3 Å². The highest BCUT2D eigenvalue weighted by atomic mass is 35.5. The summed E-state index contributed by atoms with van der Waals surface area (Å²) in [5.41, 5.74) is 3.44. The Balaban J connectivity index is 2.22. The van der Waals surface area contributed by atoms with Gasteiger partial charge in [0.2, 0.25) is 0 Å². The van der Waals surface area contributed by atoms with Crippen LogP contribution in [-0.4, -0.2) is 10.9 Å². The van der Waals surface area contributed by atoms with Crippen LogP contribution in [0.5, 0.6) is 0 Å². The zero-order chi connectivity index (χ0) is 13.1. The first-order valence-electron chi connectivity index (χ1n) is 5.57. The normalized spacial score (nSPS) is 10.2. The van der Waals surface area contributed by atoms with Crippen LogP contribution in [0.15, 0.2) is 36.5 Å². The maximum atomic E-state index is 12.0. The minimum absolute atomic E-state index is 0.207. The second-order valence-electron chi connectivity index (χ2n) is 4.09. The number of carbonyl (C=O) groups is 1. The van der Waals surface area contributed by atoms with Gasteiger partial charge in [-0.1, -0.05) is 17.7 Å². The molecule has 18 heavy (non-hydrogen) atoms. The number of benzene rings is 1. The van der Waals surface area contributed by atoms with Crippen LogP contribution < -0.4 is 5.32 Å². The number of hydrogen-bond donors (Lipinski definition) is 1. The minimum atomic E-state index is -0.253. The van der Waals surface area contributed by atoms with Crippen molar-refractivity contribution < 1.29 is 4.79 Å². The third-order valence-electron chi connectivity index (χ3n) is 2.77. The molecule has 4 heteroatoms. The van der Waals surface area contributed by atoms with Crippen molar-refractivity contribution in [1.82, 2.24) is 4.98 Å². The van der Waals surface area contributed by atoms with E-state index >= 15 is 0 Å². The first-order valence-corrected chi connectivity index (χ1v) is 5.95. The Hall–Kier alpha value is -1.87. The fraction of sp³-hybridized carbons (Fsp3) is 0.143. The van der Waals surface area contributed by atoms with Crippen molar-refractivity contribution in [3.63, 3.8) is 0 Å². The largest absolute Gasteiger partial charge is 0.322 e. The van der Waals surface area contributed by atoms with E-state index < -0.39 is 0 Å². The van der Waals surface area contributed by atoms with Gasteiger partial charge in [0.25, 0.3) is 5.91 Å². The molecule has 3 nitrogen and oxygen atoms in total. The maximum absolute atomic E-state index is 12.0. The van der Waals surface area contributed by atoms with Crippen LogP contribution in [0.3, 0.4) is 0 Å². The van der Waals surface area contributed by atoms with E-state index in [0.717, 1.165) is 11.3 Å². The van der Waals surface area contributed by atoms with Crippen molar-refractivity contribution in [3.05, 3.63) is 58.4 Å². The second kappa shape index (κ2) is 5.19. The van der Waals surface area contributed by atoms with Gasteiger partial charge < -0.3 is 5.32 Å². The van der Waals surface area contributed by atoms with Crippen molar-refractivity contribution in [2.24, 2.45) is 0 Å². The molecule has 0 unspecified atom stereocenters. The fourth-order valence-electron chi connectivity index (χ4n) is 1.57. The number of rotatable bonds is 2. The molecule has 0 saturated heterocycles. The predicted molar refractivity (Wildman–Crippen MR) is 73.1 cm³/mol. The van der Waals surface area contributed by atoms with Gasteiger partial charge >= 0.3 is 0 Å². The topological polar surface area (TPSA) is 42.0 Å². The zero-order valence-corrected chi connectivity index (χ0v) is 11.0. The van der Waals surface area contributed by atoms with Gasteiger partial charge in [-0.3, -0.25) is 4.79 Å². The highest BCUT2D eigenvalue weighted by Crippen LogP contribution is 2.17. The van der Waals surface area contributed by atoms with Gasteiger partial charge in [-0.15, -0.1) is 0 Å². The quantitative estimate of drug-likeness (QED) is 0.839. The lowest BCUT2D eigenvalue weighted by Gasteiger charge is -2.08. The highest BCUT2D eigenvalue weighted by Gasteiger charge is 2.10. The number of hydrogen-bond acceptors (Lipinski definition) is 2. The molecular formula is C14H13ClN2O. The second-order valence-corrected chi connectivity index (χ2v) is 4.45. The monoisotopic (exact) mass is 260 g/mol. The molecule has 0 fully saturated rings. The van der Waals surface area contributed by atoms with Gasteiger partial charge in [-0.25, -0.2) is 4.98 Å². The van der Waals surface area contributed by atoms with E-state index in [0.29, 0.717) is 5.56 Å². The molecule has 0 aliphatic rings. The molecule has 0 radical (unpaired) electrons. The summed E-state index contributed by atoms with van der Waals surface area (Å²) in [4.78, 5) is 15.9. The zero-order valence-electron chi connectivity index (χ0n) is 10.2. The maximum Gasteiger partial charge on any atom is 0.258 e. The Morgan fingerprint density at radius 3 is 2.67 bits per heavy atom. The van der Waals surface area contributed by atoms with Crippen molar-refractivity contribution in [1.29, 1.82) is 0 Å². The summed E-state index contributed by atoms with van der Waals surface area (Å²) in [5, 5.41) is 3.01. The standard InChI is InChI=1S/C14H13ClN2O/c1-9-5-6-11(8-10(9)2)17-14(18)12-4-3-7-16-13(12)15/h3-8H,1-2H3,(H,17,18). The smallest absolute Gasteiger partial charge is 0.258 e. The molecule has 1 aromatic carbocycles. The number of nitrogens with one attached hydrogen (secondary N) is 1. The van der Waals surface area contributed by atoms with E-state index in [1.54, 1.807) is 18.3 Å². The molecule has 0 aliphatic carbocycles. The molecule has 0 atom stereocenters. The summed E-state index contributed by atoms with van der Waals surface area (Å²) in [6, 6.07) is 9.09. The number of anilines is 1. The van der Waals surface area contributed by atoms with Crippen LogP contribution in [0.1, 0.15) is 21.5 Å². The summed E-state index contributed by atoms with van der Waals surface area (Å²) in [6.45, 7) is 4.03. The van der Waals surface area contributed by atoms with Gasteiger partial charge in [0.1, 0.15) is 5.15 Å². The Morgan fingerprint density at radius 2 is 2.00 bits per heavy atom. The van der Waals surface area contributed by atoms with E-state index in [1.165, 1.54) is 5.56 Å². The Kier molecular flexibility index (Phi) is 3.63. The lowest BCUT2D eigenvalue weighted by Crippen LogP contribution is -2.13. The van der Waals surface area contributed by atoms with E-state index in [1.807, 2.05) is 32.0 Å². The van der Waals surface area contributed by atoms with Crippen molar-refractivity contribution in [2.45, 2.75) is 13.8 Å². The molecule has 0 bridgehead atoms. The molecule has 1 N–H and O–H groups in total. The molecular weight excluding hydrogens is 248 g/mol. The molecule has 1 aromatic heterocycles. The van der Waals surface area contributed by atoms with Gasteiger partial charge in [-0.05, 0) is 49.2 Å². The SMILES string of the molecule is Cc1ccc(NC(=O)c2cccnc2Cl)cc1C. The van der Waals surface area contributed by atoms with Gasteiger partial charge in [0.05, 0.1) is 5.56 Å². The summed E-state index contributed by atoms with van der Waals surface area (Å²) >= 11 is 5.87.